The molecule has 3 aromatic rings. The molecule has 0 aliphatic carbocycles. The van der Waals surface area contributed by atoms with Crippen molar-refractivity contribution in [1.29, 1.82) is 0 Å². The molecule has 4 rings (SSSR count). The van der Waals surface area contributed by atoms with Crippen LogP contribution >= 0.6 is 11.8 Å². The van der Waals surface area contributed by atoms with Gasteiger partial charge in [-0.25, -0.2) is 0 Å². The zero-order valence-electron chi connectivity index (χ0n) is 19.2. The van der Waals surface area contributed by atoms with Crippen LogP contribution in [0.15, 0.2) is 83.8 Å². The Labute approximate surface area is 208 Å². The van der Waals surface area contributed by atoms with Crippen LogP contribution in [0.4, 0.5) is 4.79 Å². The number of carbonyl (C=O) groups is 2. The van der Waals surface area contributed by atoms with Crippen LogP contribution in [0.5, 0.6) is 23.0 Å². The molecule has 8 heteroatoms. The van der Waals surface area contributed by atoms with Gasteiger partial charge in [0.05, 0.1) is 18.6 Å². The molecule has 0 spiro atoms. The summed E-state index contributed by atoms with van der Waals surface area (Å²) < 4.78 is 22.5. The van der Waals surface area contributed by atoms with E-state index >= 15 is 0 Å². The molecule has 0 unspecified atom stereocenters. The number of amides is 2. The van der Waals surface area contributed by atoms with Gasteiger partial charge in [0.1, 0.15) is 31.3 Å². The van der Waals surface area contributed by atoms with E-state index in [0.717, 1.165) is 17.5 Å². The summed E-state index contributed by atoms with van der Waals surface area (Å²) in [6.45, 7) is 1.00. The summed E-state index contributed by atoms with van der Waals surface area (Å²) >= 11 is 0.903. The molecule has 7 nitrogen and oxygen atoms in total. The number of benzene rings is 3. The van der Waals surface area contributed by atoms with E-state index in [1.54, 1.807) is 25.3 Å². The number of thioether (sulfide) groups is 1. The molecule has 0 bridgehead atoms. The fraction of sp³-hybridized carbons (Fsp3) is 0.185. The van der Waals surface area contributed by atoms with Gasteiger partial charge in [0, 0.05) is 5.56 Å². The number of carbonyl (C=O) groups excluding carboxylic acids is 2. The number of hydrogen-bond donors (Lipinski definition) is 0. The topological polar surface area (TPSA) is 74.3 Å². The Bertz CT molecular complexity index is 1200. The summed E-state index contributed by atoms with van der Waals surface area (Å²) in [5.41, 5.74) is 0.711. The molecule has 1 aliphatic rings. The van der Waals surface area contributed by atoms with Gasteiger partial charge in [0.15, 0.2) is 11.5 Å². The van der Waals surface area contributed by atoms with E-state index in [2.05, 4.69) is 0 Å². The van der Waals surface area contributed by atoms with Gasteiger partial charge in [0.25, 0.3) is 11.1 Å². The summed E-state index contributed by atoms with van der Waals surface area (Å²) in [4.78, 5) is 26.9. The van der Waals surface area contributed by atoms with Crippen molar-refractivity contribution >= 4 is 29.0 Å². The first kappa shape index (κ1) is 24.2. The minimum absolute atomic E-state index is 0.134. The standard InChI is InChI=1S/C27H25NO6S/c1-31-23-13-7-8-14-24(23)33-16-15-28-26(29)25(35-27(28)30)19-20-9-5-6-12-22(20)34-18-17-32-21-10-3-2-4-11-21/h2-14,19H,15-18H2,1H3/b25-19-. The molecule has 0 N–H and O–H groups in total. The minimum atomic E-state index is -0.356. The molecule has 2 amide bonds. The van der Waals surface area contributed by atoms with Crippen LogP contribution in [0, 0.1) is 0 Å². The van der Waals surface area contributed by atoms with E-state index in [9.17, 15) is 9.59 Å². The van der Waals surface area contributed by atoms with Crippen molar-refractivity contribution in [2.75, 3.05) is 33.5 Å². The van der Waals surface area contributed by atoms with E-state index in [-0.39, 0.29) is 24.3 Å². The average molecular weight is 492 g/mol. The van der Waals surface area contributed by atoms with Gasteiger partial charge in [-0.2, -0.15) is 0 Å². The molecule has 0 radical (unpaired) electrons. The molecule has 3 aromatic carbocycles. The molecule has 180 valence electrons. The van der Waals surface area contributed by atoms with Gasteiger partial charge >= 0.3 is 0 Å². The predicted molar refractivity (Wildman–Crippen MR) is 135 cm³/mol. The van der Waals surface area contributed by atoms with Crippen molar-refractivity contribution in [3.8, 4) is 23.0 Å². The van der Waals surface area contributed by atoms with Crippen LogP contribution < -0.4 is 18.9 Å². The lowest BCUT2D eigenvalue weighted by molar-refractivity contribution is -0.123. The van der Waals surface area contributed by atoms with E-state index in [1.807, 2.05) is 66.7 Å². The number of hydrogen-bond acceptors (Lipinski definition) is 7. The summed E-state index contributed by atoms with van der Waals surface area (Å²) in [6, 6.07) is 24.1. The van der Waals surface area contributed by atoms with Gasteiger partial charge in [-0.3, -0.25) is 14.5 Å². The van der Waals surface area contributed by atoms with Crippen LogP contribution in [0.1, 0.15) is 5.56 Å². The van der Waals surface area contributed by atoms with Crippen molar-refractivity contribution in [3.05, 3.63) is 89.3 Å². The molecule has 0 aromatic heterocycles. The highest BCUT2D eigenvalue weighted by Crippen LogP contribution is 2.34. The van der Waals surface area contributed by atoms with E-state index < -0.39 is 0 Å². The number of rotatable bonds is 11. The second-order valence-electron chi connectivity index (χ2n) is 7.38. The highest BCUT2D eigenvalue weighted by Gasteiger charge is 2.35. The number of imide groups is 1. The van der Waals surface area contributed by atoms with E-state index in [1.165, 1.54) is 4.90 Å². The van der Waals surface area contributed by atoms with Crippen LogP contribution in [-0.4, -0.2) is 49.5 Å². The summed E-state index contributed by atoms with van der Waals surface area (Å²) in [5, 5.41) is -0.334. The van der Waals surface area contributed by atoms with Crippen molar-refractivity contribution < 1.29 is 28.5 Å². The van der Waals surface area contributed by atoms with Gasteiger partial charge in [-0.15, -0.1) is 0 Å². The Kier molecular flexibility index (Phi) is 8.30. The van der Waals surface area contributed by atoms with Gasteiger partial charge < -0.3 is 18.9 Å². The zero-order chi connectivity index (χ0) is 24.5. The molecule has 0 saturated carbocycles. The molecular weight excluding hydrogens is 466 g/mol. The Balaban J connectivity index is 1.34. The van der Waals surface area contributed by atoms with Gasteiger partial charge in [-0.1, -0.05) is 48.5 Å². The third-order valence-electron chi connectivity index (χ3n) is 5.07. The highest BCUT2D eigenvalue weighted by atomic mass is 32.2. The lowest BCUT2D eigenvalue weighted by Crippen LogP contribution is -2.32. The van der Waals surface area contributed by atoms with Crippen LogP contribution in [0.3, 0.4) is 0 Å². The monoisotopic (exact) mass is 491 g/mol. The van der Waals surface area contributed by atoms with Gasteiger partial charge in [0.2, 0.25) is 0 Å². The van der Waals surface area contributed by atoms with Gasteiger partial charge in [-0.05, 0) is 48.2 Å². The Morgan fingerprint density at radius 1 is 0.743 bits per heavy atom. The average Bonchev–Trinajstić information content (AvgIpc) is 3.15. The SMILES string of the molecule is COc1ccccc1OCCN1C(=O)S/C(=C\c2ccccc2OCCOc2ccccc2)C1=O. The predicted octanol–water partition coefficient (Wildman–Crippen LogP) is 5.27. The number of nitrogens with zero attached hydrogens (tertiary/aromatic N) is 1. The molecule has 35 heavy (non-hydrogen) atoms. The van der Waals surface area contributed by atoms with Crippen molar-refractivity contribution in [3.63, 3.8) is 0 Å². The first-order valence-electron chi connectivity index (χ1n) is 11.1. The van der Waals surface area contributed by atoms with E-state index in [0.29, 0.717) is 40.9 Å². The number of ether oxygens (including phenoxy) is 4. The largest absolute Gasteiger partial charge is 0.493 e. The fourth-order valence-electron chi connectivity index (χ4n) is 3.38. The fourth-order valence-corrected chi connectivity index (χ4v) is 4.23. The molecule has 1 heterocycles. The first-order valence-corrected chi connectivity index (χ1v) is 11.9. The Morgan fingerprint density at radius 2 is 1.37 bits per heavy atom. The Hall–Kier alpha value is -3.91. The van der Waals surface area contributed by atoms with Crippen molar-refractivity contribution in [1.82, 2.24) is 4.90 Å². The smallest absolute Gasteiger partial charge is 0.293 e. The zero-order valence-corrected chi connectivity index (χ0v) is 20.0. The first-order chi connectivity index (χ1) is 17.2. The molecule has 0 atom stereocenters. The lowest BCUT2D eigenvalue weighted by Gasteiger charge is -2.14. The maximum absolute atomic E-state index is 12.9. The maximum Gasteiger partial charge on any atom is 0.293 e. The third kappa shape index (κ3) is 6.36. The van der Waals surface area contributed by atoms with Crippen LogP contribution in [0.25, 0.3) is 6.08 Å². The number of para-hydroxylation sites is 4. The highest BCUT2D eigenvalue weighted by molar-refractivity contribution is 8.18. The molecule has 1 saturated heterocycles. The maximum atomic E-state index is 12.9. The Morgan fingerprint density at radius 3 is 2.14 bits per heavy atom. The summed E-state index contributed by atoms with van der Waals surface area (Å²) in [5.74, 6) is 2.17. The molecular formula is C27H25NO6S. The normalized spacial score (nSPS) is 14.3. The lowest BCUT2D eigenvalue weighted by atomic mass is 10.2. The summed E-state index contributed by atoms with van der Waals surface area (Å²) in [7, 11) is 1.56. The van der Waals surface area contributed by atoms with E-state index in [4.69, 9.17) is 18.9 Å². The second-order valence-corrected chi connectivity index (χ2v) is 8.37. The van der Waals surface area contributed by atoms with Crippen molar-refractivity contribution in [2.24, 2.45) is 0 Å². The quantitative estimate of drug-likeness (QED) is 0.267. The summed E-state index contributed by atoms with van der Waals surface area (Å²) in [6.07, 6.45) is 1.68. The number of methoxy groups -OCH3 is 1. The van der Waals surface area contributed by atoms with Crippen LogP contribution in [-0.2, 0) is 4.79 Å². The van der Waals surface area contributed by atoms with Crippen molar-refractivity contribution in [2.45, 2.75) is 0 Å². The third-order valence-corrected chi connectivity index (χ3v) is 5.98. The minimum Gasteiger partial charge on any atom is -0.493 e. The second kappa shape index (κ2) is 12.0. The van der Waals surface area contributed by atoms with Crippen LogP contribution in [0.2, 0.25) is 0 Å². The molecule has 1 aliphatic heterocycles. The molecule has 1 fully saturated rings.